The van der Waals surface area contributed by atoms with Gasteiger partial charge in [-0.1, -0.05) is 29.8 Å². The second kappa shape index (κ2) is 6.93. The molecule has 136 valence electrons. The van der Waals surface area contributed by atoms with Crippen molar-refractivity contribution in [2.45, 2.75) is 13.0 Å². The Morgan fingerprint density at radius 1 is 1.15 bits per heavy atom. The number of fused-ring (bicyclic) bond motifs is 1. The number of hydrogen-bond donors (Lipinski definition) is 2. The Bertz CT molecular complexity index is 1090. The number of nitrogen functional groups attached to an aromatic ring is 1. The minimum atomic E-state index is -0.490. The quantitative estimate of drug-likeness (QED) is 0.473. The van der Waals surface area contributed by atoms with Gasteiger partial charge in [0.05, 0.1) is 0 Å². The normalized spacial score (nSPS) is 12.3. The van der Waals surface area contributed by atoms with Crippen molar-refractivity contribution in [2.24, 2.45) is 0 Å². The van der Waals surface area contributed by atoms with Crippen molar-refractivity contribution in [3.63, 3.8) is 0 Å². The van der Waals surface area contributed by atoms with Crippen LogP contribution in [-0.4, -0.2) is 9.97 Å². The molecule has 4 aromatic rings. The van der Waals surface area contributed by atoms with Gasteiger partial charge in [0.1, 0.15) is 11.9 Å². The van der Waals surface area contributed by atoms with E-state index in [0.717, 1.165) is 22.2 Å². The zero-order valence-corrected chi connectivity index (χ0v) is 15.3. The molecule has 0 fully saturated rings. The molecule has 27 heavy (non-hydrogen) atoms. The lowest BCUT2D eigenvalue weighted by atomic mass is 10.1. The van der Waals surface area contributed by atoms with Gasteiger partial charge < -0.3 is 15.5 Å². The maximum Gasteiger partial charge on any atom is 0.166 e. The van der Waals surface area contributed by atoms with E-state index in [1.165, 1.54) is 18.2 Å². The molecule has 0 saturated heterocycles. The topological polar surface area (TPSA) is 63.9 Å². The fourth-order valence-electron chi connectivity index (χ4n) is 3.01. The van der Waals surface area contributed by atoms with E-state index in [-0.39, 0.29) is 11.6 Å². The zero-order chi connectivity index (χ0) is 19.0. The number of pyridine rings is 1. The van der Waals surface area contributed by atoms with Gasteiger partial charge in [0.15, 0.2) is 11.6 Å². The Morgan fingerprint density at radius 2 is 1.96 bits per heavy atom. The minimum Gasteiger partial charge on any atom is -0.482 e. The summed E-state index contributed by atoms with van der Waals surface area (Å²) in [5.41, 5.74) is 9.31. The molecular weight excluding hydrogens is 365 g/mol. The van der Waals surface area contributed by atoms with Gasteiger partial charge in [0.2, 0.25) is 0 Å². The average molecular weight is 382 g/mol. The number of ether oxygens (including phenoxy) is 1. The van der Waals surface area contributed by atoms with Crippen LogP contribution in [0.25, 0.3) is 22.2 Å². The number of para-hydroxylation sites is 1. The van der Waals surface area contributed by atoms with Crippen LogP contribution in [0.15, 0.2) is 60.8 Å². The summed E-state index contributed by atoms with van der Waals surface area (Å²) in [6, 6.07) is 16.0. The number of aromatic amines is 1. The van der Waals surface area contributed by atoms with E-state index in [9.17, 15) is 4.39 Å². The molecule has 0 bridgehead atoms. The molecule has 0 saturated carbocycles. The molecule has 2 aromatic carbocycles. The highest BCUT2D eigenvalue weighted by Gasteiger charge is 2.16. The number of aromatic nitrogens is 2. The lowest BCUT2D eigenvalue weighted by molar-refractivity contribution is 0.227. The summed E-state index contributed by atoms with van der Waals surface area (Å²) in [4.78, 5) is 7.59. The van der Waals surface area contributed by atoms with Crippen LogP contribution in [0.2, 0.25) is 5.02 Å². The van der Waals surface area contributed by atoms with Crippen LogP contribution in [0.1, 0.15) is 18.6 Å². The number of nitrogens with zero attached hydrogens (tertiary/aromatic N) is 1. The number of nitrogens with one attached hydrogen (secondary N) is 1. The first-order valence-electron chi connectivity index (χ1n) is 8.46. The average Bonchev–Trinajstić information content (AvgIpc) is 3.09. The lowest BCUT2D eigenvalue weighted by Gasteiger charge is -2.18. The van der Waals surface area contributed by atoms with Crippen LogP contribution in [0.3, 0.4) is 0 Å². The Balaban J connectivity index is 1.67. The van der Waals surface area contributed by atoms with E-state index in [2.05, 4.69) is 9.97 Å². The van der Waals surface area contributed by atoms with Gasteiger partial charge in [-0.25, -0.2) is 9.37 Å². The molecule has 0 amide bonds. The molecule has 4 rings (SSSR count). The van der Waals surface area contributed by atoms with E-state index in [0.29, 0.717) is 16.3 Å². The summed E-state index contributed by atoms with van der Waals surface area (Å²) >= 11 is 6.17. The van der Waals surface area contributed by atoms with Crippen molar-refractivity contribution in [3.8, 4) is 17.0 Å². The van der Waals surface area contributed by atoms with Crippen molar-refractivity contribution in [3.05, 3.63) is 77.2 Å². The fourth-order valence-corrected chi connectivity index (χ4v) is 3.28. The molecule has 3 N–H and O–H groups in total. The molecule has 1 unspecified atom stereocenters. The summed E-state index contributed by atoms with van der Waals surface area (Å²) < 4.78 is 19.5. The van der Waals surface area contributed by atoms with Gasteiger partial charge in [-0.15, -0.1) is 0 Å². The molecule has 0 spiro atoms. The van der Waals surface area contributed by atoms with Gasteiger partial charge >= 0.3 is 0 Å². The first kappa shape index (κ1) is 17.4. The summed E-state index contributed by atoms with van der Waals surface area (Å²) in [5.74, 6) is 0.302. The third kappa shape index (κ3) is 3.46. The Morgan fingerprint density at radius 3 is 2.78 bits per heavy atom. The minimum absolute atomic E-state index is 0.259. The van der Waals surface area contributed by atoms with Crippen LogP contribution < -0.4 is 10.5 Å². The van der Waals surface area contributed by atoms with E-state index < -0.39 is 6.10 Å². The maximum atomic E-state index is 13.6. The van der Waals surface area contributed by atoms with E-state index in [1.54, 1.807) is 13.1 Å². The third-order valence-corrected chi connectivity index (χ3v) is 4.77. The summed E-state index contributed by atoms with van der Waals surface area (Å²) in [5, 5.41) is 1.54. The predicted molar refractivity (Wildman–Crippen MR) is 106 cm³/mol. The summed E-state index contributed by atoms with van der Waals surface area (Å²) in [6.07, 6.45) is 1.20. The molecule has 1 atom stereocenters. The van der Waals surface area contributed by atoms with Gasteiger partial charge in [-0.05, 0) is 43.3 Å². The Hall–Kier alpha value is -3.05. The molecule has 2 heterocycles. The highest BCUT2D eigenvalue weighted by Crippen LogP contribution is 2.33. The second-order valence-corrected chi connectivity index (χ2v) is 6.71. The fraction of sp³-hybridized carbons (Fsp3) is 0.0952. The number of halogens is 2. The molecule has 2 aromatic heterocycles. The van der Waals surface area contributed by atoms with Crippen molar-refractivity contribution < 1.29 is 9.13 Å². The van der Waals surface area contributed by atoms with E-state index in [1.807, 2.05) is 36.4 Å². The van der Waals surface area contributed by atoms with Gasteiger partial charge in [-0.3, -0.25) is 0 Å². The SMILES string of the molecule is CC(Oc1cc(-c2cc3ccccc3[nH]2)cnc1N)c1cc(F)ccc1Cl. The van der Waals surface area contributed by atoms with Crippen molar-refractivity contribution in [1.29, 1.82) is 0 Å². The van der Waals surface area contributed by atoms with Gasteiger partial charge in [0, 0.05) is 38.9 Å². The van der Waals surface area contributed by atoms with Crippen LogP contribution in [-0.2, 0) is 0 Å². The molecule has 0 radical (unpaired) electrons. The standard InChI is InChI=1S/C21H17ClFN3O/c1-12(16-10-15(23)6-7-17(16)22)27-20-9-14(11-25-21(20)24)19-8-13-4-2-3-5-18(13)26-19/h2-12,26H,1H3,(H2,24,25). The number of rotatable bonds is 4. The largest absolute Gasteiger partial charge is 0.482 e. The van der Waals surface area contributed by atoms with Crippen LogP contribution in [0.5, 0.6) is 5.75 Å². The van der Waals surface area contributed by atoms with Crippen LogP contribution in [0, 0.1) is 5.82 Å². The van der Waals surface area contributed by atoms with Crippen molar-refractivity contribution in [2.75, 3.05) is 5.73 Å². The Kier molecular flexibility index (Phi) is 4.46. The van der Waals surface area contributed by atoms with Crippen LogP contribution in [0.4, 0.5) is 10.2 Å². The van der Waals surface area contributed by atoms with Crippen molar-refractivity contribution >= 4 is 28.3 Å². The molecule has 6 heteroatoms. The van der Waals surface area contributed by atoms with E-state index in [4.69, 9.17) is 22.1 Å². The second-order valence-electron chi connectivity index (χ2n) is 6.30. The zero-order valence-electron chi connectivity index (χ0n) is 14.5. The number of anilines is 1. The monoisotopic (exact) mass is 381 g/mol. The van der Waals surface area contributed by atoms with Crippen LogP contribution >= 0.6 is 11.6 Å². The number of hydrogen-bond acceptors (Lipinski definition) is 3. The molecule has 0 aliphatic heterocycles. The molecule has 0 aliphatic carbocycles. The first-order chi connectivity index (χ1) is 13.0. The lowest BCUT2D eigenvalue weighted by Crippen LogP contribution is -2.07. The first-order valence-corrected chi connectivity index (χ1v) is 8.84. The number of H-pyrrole nitrogens is 1. The molecule has 4 nitrogen and oxygen atoms in total. The summed E-state index contributed by atoms with van der Waals surface area (Å²) in [7, 11) is 0. The smallest absolute Gasteiger partial charge is 0.166 e. The predicted octanol–water partition coefficient (Wildman–Crippen LogP) is 5.74. The van der Waals surface area contributed by atoms with Gasteiger partial charge in [-0.2, -0.15) is 0 Å². The Labute approximate surface area is 160 Å². The summed E-state index contributed by atoms with van der Waals surface area (Å²) in [6.45, 7) is 1.79. The van der Waals surface area contributed by atoms with Crippen molar-refractivity contribution in [1.82, 2.24) is 9.97 Å². The molecule has 0 aliphatic rings. The van der Waals surface area contributed by atoms with Gasteiger partial charge in [0.25, 0.3) is 0 Å². The maximum absolute atomic E-state index is 13.6. The third-order valence-electron chi connectivity index (χ3n) is 4.42. The van der Waals surface area contributed by atoms with E-state index >= 15 is 0 Å². The highest BCUT2D eigenvalue weighted by atomic mass is 35.5. The number of nitrogens with two attached hydrogens (primary N) is 1. The highest BCUT2D eigenvalue weighted by molar-refractivity contribution is 6.31. The number of benzene rings is 2. The molecular formula is C21H17ClFN3O.